The average Bonchev–Trinajstić information content (AvgIpc) is 2.96. The first kappa shape index (κ1) is 15.0. The highest BCUT2D eigenvalue weighted by Crippen LogP contribution is 2.27. The Morgan fingerprint density at radius 1 is 1.17 bits per heavy atom. The Morgan fingerprint density at radius 3 is 2.78 bits per heavy atom. The van der Waals surface area contributed by atoms with Crippen LogP contribution >= 0.6 is 0 Å². The van der Waals surface area contributed by atoms with Crippen molar-refractivity contribution in [3.05, 3.63) is 60.3 Å². The molecule has 1 aromatic heterocycles. The van der Waals surface area contributed by atoms with Crippen LogP contribution in [0.15, 0.2) is 54.7 Å². The van der Waals surface area contributed by atoms with Crippen LogP contribution < -0.4 is 10.1 Å². The zero-order chi connectivity index (χ0) is 16.1. The molecule has 5 nitrogen and oxygen atoms in total. The molecule has 0 atom stereocenters. The predicted molar refractivity (Wildman–Crippen MR) is 89.7 cm³/mol. The molecule has 118 valence electrons. The maximum absolute atomic E-state index is 11.5. The molecule has 3 aromatic rings. The molecular weight excluding hydrogens is 292 g/mol. The number of carbonyl (C=O) groups excluding carboxylic acids is 1. The highest BCUT2D eigenvalue weighted by atomic mass is 16.5. The Balaban J connectivity index is 1.71. The summed E-state index contributed by atoms with van der Waals surface area (Å²) in [6, 6.07) is 15.7. The zero-order valence-electron chi connectivity index (χ0n) is 12.8. The van der Waals surface area contributed by atoms with E-state index < -0.39 is 6.09 Å². The Labute approximate surface area is 134 Å². The van der Waals surface area contributed by atoms with Crippen LogP contribution in [0.25, 0.3) is 10.9 Å². The van der Waals surface area contributed by atoms with E-state index in [0.717, 1.165) is 22.2 Å². The fraction of sp³-hybridized carbons (Fsp3) is 0.167. The summed E-state index contributed by atoms with van der Waals surface area (Å²) >= 11 is 0. The van der Waals surface area contributed by atoms with Crippen molar-refractivity contribution in [2.75, 3.05) is 11.9 Å². The van der Waals surface area contributed by atoms with Crippen LogP contribution in [0, 0.1) is 0 Å². The third kappa shape index (κ3) is 3.63. The van der Waals surface area contributed by atoms with E-state index in [0.29, 0.717) is 18.9 Å². The van der Waals surface area contributed by atoms with E-state index in [4.69, 9.17) is 9.47 Å². The molecule has 0 aliphatic rings. The number of fused-ring (bicyclic) bond motifs is 1. The molecule has 0 spiro atoms. The summed E-state index contributed by atoms with van der Waals surface area (Å²) in [7, 11) is 0. The first-order chi connectivity index (χ1) is 11.3. The number of benzene rings is 2. The highest BCUT2D eigenvalue weighted by molar-refractivity contribution is 5.99. The van der Waals surface area contributed by atoms with Crippen molar-refractivity contribution in [2.45, 2.75) is 13.5 Å². The lowest BCUT2D eigenvalue weighted by molar-refractivity contribution is 0.168. The largest absolute Gasteiger partial charge is 0.489 e. The van der Waals surface area contributed by atoms with E-state index in [-0.39, 0.29) is 0 Å². The molecule has 0 unspecified atom stereocenters. The maximum Gasteiger partial charge on any atom is 0.411 e. The van der Waals surface area contributed by atoms with Gasteiger partial charge in [-0.3, -0.25) is 5.32 Å². The summed E-state index contributed by atoms with van der Waals surface area (Å²) in [5.74, 6) is 0.769. The Morgan fingerprint density at radius 2 is 2.00 bits per heavy atom. The third-order valence-corrected chi connectivity index (χ3v) is 3.41. The molecular formula is C18H18N2O3. The number of hydrogen-bond acceptors (Lipinski definition) is 3. The number of aromatic amines is 1. The van der Waals surface area contributed by atoms with E-state index in [1.54, 1.807) is 13.1 Å². The molecule has 0 radical (unpaired) electrons. The summed E-state index contributed by atoms with van der Waals surface area (Å²) in [5.41, 5.74) is 2.69. The quantitative estimate of drug-likeness (QED) is 0.738. The van der Waals surface area contributed by atoms with E-state index in [1.165, 1.54) is 0 Å². The fourth-order valence-electron chi connectivity index (χ4n) is 2.32. The third-order valence-electron chi connectivity index (χ3n) is 3.41. The van der Waals surface area contributed by atoms with Crippen molar-refractivity contribution in [3.63, 3.8) is 0 Å². The zero-order valence-corrected chi connectivity index (χ0v) is 12.8. The topological polar surface area (TPSA) is 63.3 Å². The molecule has 5 heteroatoms. The SMILES string of the molecule is CCOC(=O)Nc1c[nH]c2cc(OCc3ccccc3)ccc12. The minimum absolute atomic E-state index is 0.339. The van der Waals surface area contributed by atoms with Gasteiger partial charge in [0.15, 0.2) is 0 Å². The lowest BCUT2D eigenvalue weighted by atomic mass is 10.2. The van der Waals surface area contributed by atoms with Crippen LogP contribution in [-0.4, -0.2) is 17.7 Å². The first-order valence-electron chi connectivity index (χ1n) is 7.48. The first-order valence-corrected chi connectivity index (χ1v) is 7.48. The Bertz CT molecular complexity index is 796. The number of rotatable bonds is 5. The van der Waals surface area contributed by atoms with Gasteiger partial charge < -0.3 is 14.5 Å². The van der Waals surface area contributed by atoms with Gasteiger partial charge >= 0.3 is 6.09 Å². The van der Waals surface area contributed by atoms with Crippen molar-refractivity contribution in [1.29, 1.82) is 0 Å². The van der Waals surface area contributed by atoms with Gasteiger partial charge in [0.2, 0.25) is 0 Å². The van der Waals surface area contributed by atoms with Crippen molar-refractivity contribution in [3.8, 4) is 5.75 Å². The second-order valence-electron chi connectivity index (χ2n) is 5.03. The molecule has 0 saturated carbocycles. The van der Waals surface area contributed by atoms with Crippen LogP contribution in [0.4, 0.5) is 10.5 Å². The number of carbonyl (C=O) groups is 1. The highest BCUT2D eigenvalue weighted by Gasteiger charge is 2.08. The van der Waals surface area contributed by atoms with Crippen LogP contribution in [0.5, 0.6) is 5.75 Å². The maximum atomic E-state index is 11.5. The smallest absolute Gasteiger partial charge is 0.411 e. The summed E-state index contributed by atoms with van der Waals surface area (Å²) in [6.45, 7) is 2.62. The Hall–Kier alpha value is -2.95. The number of hydrogen-bond donors (Lipinski definition) is 2. The summed E-state index contributed by atoms with van der Waals surface area (Å²) in [6.07, 6.45) is 1.28. The lowest BCUT2D eigenvalue weighted by Crippen LogP contribution is -2.12. The number of anilines is 1. The van der Waals surface area contributed by atoms with Crippen molar-refractivity contribution >= 4 is 22.7 Å². The molecule has 0 aliphatic heterocycles. The minimum Gasteiger partial charge on any atom is -0.489 e. The Kier molecular flexibility index (Phi) is 4.47. The van der Waals surface area contributed by atoms with Crippen LogP contribution in [0.1, 0.15) is 12.5 Å². The van der Waals surface area contributed by atoms with Crippen molar-refractivity contribution in [2.24, 2.45) is 0 Å². The lowest BCUT2D eigenvalue weighted by Gasteiger charge is -2.07. The second-order valence-corrected chi connectivity index (χ2v) is 5.03. The van der Waals surface area contributed by atoms with Crippen LogP contribution in [0.2, 0.25) is 0 Å². The van der Waals surface area contributed by atoms with E-state index in [2.05, 4.69) is 10.3 Å². The predicted octanol–water partition coefficient (Wildman–Crippen LogP) is 4.32. The number of aromatic nitrogens is 1. The molecule has 0 saturated heterocycles. The van der Waals surface area contributed by atoms with E-state index in [9.17, 15) is 4.79 Å². The van der Waals surface area contributed by atoms with Crippen molar-refractivity contribution in [1.82, 2.24) is 4.98 Å². The number of ether oxygens (including phenoxy) is 2. The van der Waals surface area contributed by atoms with Gasteiger partial charge in [-0.15, -0.1) is 0 Å². The molecule has 2 aromatic carbocycles. The van der Waals surface area contributed by atoms with Crippen LogP contribution in [0.3, 0.4) is 0 Å². The molecule has 2 N–H and O–H groups in total. The molecule has 1 amide bonds. The fourth-order valence-corrected chi connectivity index (χ4v) is 2.32. The van der Waals surface area contributed by atoms with Gasteiger partial charge in [-0.05, 0) is 24.6 Å². The van der Waals surface area contributed by atoms with Gasteiger partial charge in [0.1, 0.15) is 12.4 Å². The van der Waals surface area contributed by atoms with Gasteiger partial charge in [0.05, 0.1) is 17.8 Å². The molecule has 1 heterocycles. The minimum atomic E-state index is -0.460. The normalized spacial score (nSPS) is 10.5. The number of nitrogens with one attached hydrogen (secondary N) is 2. The summed E-state index contributed by atoms with van der Waals surface area (Å²) in [4.78, 5) is 14.6. The molecule has 0 bridgehead atoms. The van der Waals surface area contributed by atoms with E-state index >= 15 is 0 Å². The molecule has 3 rings (SSSR count). The number of H-pyrrole nitrogens is 1. The van der Waals surface area contributed by atoms with E-state index in [1.807, 2.05) is 48.5 Å². The monoisotopic (exact) mass is 310 g/mol. The van der Waals surface area contributed by atoms with Gasteiger partial charge in [-0.2, -0.15) is 0 Å². The molecule has 0 aliphatic carbocycles. The summed E-state index contributed by atoms with van der Waals surface area (Å²) < 4.78 is 10.7. The standard InChI is InChI=1S/C18H18N2O3/c1-2-22-18(21)20-17-11-19-16-10-14(8-9-15(16)17)23-12-13-6-4-3-5-7-13/h3-11,19H,2,12H2,1H3,(H,20,21). The van der Waals surface area contributed by atoms with Crippen LogP contribution in [-0.2, 0) is 11.3 Å². The van der Waals surface area contributed by atoms with Crippen molar-refractivity contribution < 1.29 is 14.3 Å². The molecule has 0 fully saturated rings. The van der Waals surface area contributed by atoms with Gasteiger partial charge in [0.25, 0.3) is 0 Å². The second kappa shape index (κ2) is 6.87. The van der Waals surface area contributed by atoms with Gasteiger partial charge in [-0.1, -0.05) is 30.3 Å². The average molecular weight is 310 g/mol. The van der Waals surface area contributed by atoms with Gasteiger partial charge in [0, 0.05) is 17.6 Å². The number of amides is 1. The van der Waals surface area contributed by atoms with Gasteiger partial charge in [-0.25, -0.2) is 4.79 Å². The summed E-state index contributed by atoms with van der Waals surface area (Å²) in [5, 5.41) is 3.62. The molecule has 23 heavy (non-hydrogen) atoms.